The second-order valence-electron chi connectivity index (χ2n) is 7.03. The molecule has 0 aliphatic heterocycles. The van der Waals surface area contributed by atoms with Crippen molar-refractivity contribution in [3.8, 4) is 0 Å². The molecule has 3 heteroatoms. The molecule has 102 valence electrons. The van der Waals surface area contributed by atoms with Gasteiger partial charge < -0.3 is 10.2 Å². The Morgan fingerprint density at radius 3 is 2.50 bits per heavy atom. The first-order chi connectivity index (χ1) is 8.22. The summed E-state index contributed by atoms with van der Waals surface area (Å²) in [5.41, 5.74) is -0.188. The zero-order valence-corrected chi connectivity index (χ0v) is 11.8. The van der Waals surface area contributed by atoms with E-state index in [-0.39, 0.29) is 17.9 Å². The molecule has 0 saturated heterocycles. The van der Waals surface area contributed by atoms with Crippen LogP contribution in [-0.4, -0.2) is 28.7 Å². The fraction of sp³-hybridized carbons (Fsp3) is 0.800. The van der Waals surface area contributed by atoms with Crippen molar-refractivity contribution >= 4 is 6.29 Å². The van der Waals surface area contributed by atoms with Gasteiger partial charge in [-0.1, -0.05) is 27.7 Å². The summed E-state index contributed by atoms with van der Waals surface area (Å²) in [5, 5.41) is 20.8. The normalized spacial score (nSPS) is 42.9. The van der Waals surface area contributed by atoms with Crippen LogP contribution in [0.1, 0.15) is 47.0 Å². The summed E-state index contributed by atoms with van der Waals surface area (Å²) < 4.78 is 0. The van der Waals surface area contributed by atoms with Crippen LogP contribution in [0.15, 0.2) is 11.1 Å². The molecule has 0 spiro atoms. The van der Waals surface area contributed by atoms with Gasteiger partial charge in [-0.05, 0) is 41.7 Å². The Kier molecular flexibility index (Phi) is 2.99. The van der Waals surface area contributed by atoms with E-state index >= 15 is 0 Å². The van der Waals surface area contributed by atoms with E-state index in [2.05, 4.69) is 0 Å². The largest absolute Gasteiger partial charge is 0.395 e. The lowest BCUT2D eigenvalue weighted by atomic mass is 9.66. The molecule has 0 radical (unpaired) electrons. The van der Waals surface area contributed by atoms with Crippen LogP contribution in [0.4, 0.5) is 0 Å². The van der Waals surface area contributed by atoms with E-state index in [9.17, 15) is 15.0 Å². The lowest BCUT2D eigenvalue weighted by Crippen LogP contribution is -2.45. The van der Waals surface area contributed by atoms with Crippen LogP contribution in [-0.2, 0) is 4.79 Å². The van der Waals surface area contributed by atoms with Gasteiger partial charge in [0.1, 0.15) is 6.29 Å². The molecule has 18 heavy (non-hydrogen) atoms. The van der Waals surface area contributed by atoms with Crippen molar-refractivity contribution < 1.29 is 15.0 Å². The first-order valence-electron chi connectivity index (χ1n) is 6.75. The van der Waals surface area contributed by atoms with Gasteiger partial charge in [0.05, 0.1) is 12.2 Å². The van der Waals surface area contributed by atoms with Crippen LogP contribution in [0.5, 0.6) is 0 Å². The van der Waals surface area contributed by atoms with E-state index in [1.807, 2.05) is 27.7 Å². The first kappa shape index (κ1) is 13.8. The minimum atomic E-state index is -0.937. The minimum absolute atomic E-state index is 0.0157. The third-order valence-electron chi connectivity index (χ3n) is 5.20. The van der Waals surface area contributed by atoms with Crippen molar-refractivity contribution in [3.05, 3.63) is 11.1 Å². The molecule has 2 rings (SSSR count). The van der Waals surface area contributed by atoms with Gasteiger partial charge in [-0.15, -0.1) is 0 Å². The van der Waals surface area contributed by atoms with E-state index in [4.69, 9.17) is 0 Å². The number of hydrogen-bond acceptors (Lipinski definition) is 3. The number of aldehydes is 1. The molecule has 0 aromatic carbocycles. The Hall–Kier alpha value is -0.670. The van der Waals surface area contributed by atoms with Crippen molar-refractivity contribution in [3.63, 3.8) is 0 Å². The van der Waals surface area contributed by atoms with E-state index in [0.717, 1.165) is 18.3 Å². The van der Waals surface area contributed by atoms with Gasteiger partial charge in [-0.25, -0.2) is 0 Å². The third-order valence-corrected chi connectivity index (χ3v) is 5.20. The summed E-state index contributed by atoms with van der Waals surface area (Å²) in [6.45, 7) is 8.04. The van der Waals surface area contributed by atoms with E-state index in [0.29, 0.717) is 18.4 Å². The fourth-order valence-corrected chi connectivity index (χ4v) is 4.24. The molecule has 0 amide bonds. The predicted molar refractivity (Wildman–Crippen MR) is 70.0 cm³/mol. The average Bonchev–Trinajstić information content (AvgIpc) is 2.46. The standard InChI is InChI=1S/C15H24O3/c1-10-5-6-15(18)12(11(10)7-16)14(4,9-17)8-13(15,2)3/h7,10,17-18H,5-6,8-9H2,1-4H3/t10-,14+,15-/m0/s1. The Morgan fingerprint density at radius 1 is 1.39 bits per heavy atom. The van der Waals surface area contributed by atoms with Crippen LogP contribution in [0.2, 0.25) is 0 Å². The molecule has 2 aliphatic rings. The molecule has 1 saturated carbocycles. The summed E-state index contributed by atoms with van der Waals surface area (Å²) in [6.07, 6.45) is 3.12. The molecule has 0 unspecified atom stereocenters. The zero-order chi connectivity index (χ0) is 13.8. The van der Waals surface area contributed by atoms with E-state index in [1.54, 1.807) is 0 Å². The molecule has 3 atom stereocenters. The maximum atomic E-state index is 11.4. The monoisotopic (exact) mass is 252 g/mol. The number of carbonyl (C=O) groups excluding carboxylic acids is 1. The molecule has 2 N–H and O–H groups in total. The van der Waals surface area contributed by atoms with Gasteiger partial charge in [0.2, 0.25) is 0 Å². The van der Waals surface area contributed by atoms with Crippen LogP contribution in [0, 0.1) is 16.7 Å². The van der Waals surface area contributed by atoms with Crippen molar-refractivity contribution in [2.75, 3.05) is 6.61 Å². The average molecular weight is 252 g/mol. The number of carbonyl (C=O) groups is 1. The zero-order valence-electron chi connectivity index (χ0n) is 11.8. The van der Waals surface area contributed by atoms with Crippen LogP contribution in [0.25, 0.3) is 0 Å². The highest BCUT2D eigenvalue weighted by Gasteiger charge is 2.62. The van der Waals surface area contributed by atoms with Gasteiger partial charge in [0.25, 0.3) is 0 Å². The Labute approximate surface area is 109 Å². The number of rotatable bonds is 2. The first-order valence-corrected chi connectivity index (χ1v) is 6.75. The van der Waals surface area contributed by atoms with Gasteiger partial charge in [-0.2, -0.15) is 0 Å². The molecular weight excluding hydrogens is 228 g/mol. The highest BCUT2D eigenvalue weighted by molar-refractivity contribution is 5.77. The summed E-state index contributed by atoms with van der Waals surface area (Å²) in [7, 11) is 0. The number of hydrogen-bond donors (Lipinski definition) is 2. The van der Waals surface area contributed by atoms with Crippen molar-refractivity contribution in [2.45, 2.75) is 52.6 Å². The maximum Gasteiger partial charge on any atom is 0.146 e. The number of aliphatic hydroxyl groups is 2. The molecule has 3 nitrogen and oxygen atoms in total. The van der Waals surface area contributed by atoms with E-state index in [1.165, 1.54) is 0 Å². The van der Waals surface area contributed by atoms with E-state index < -0.39 is 11.0 Å². The molecule has 0 bridgehead atoms. The van der Waals surface area contributed by atoms with Gasteiger partial charge in [-0.3, -0.25) is 4.79 Å². The summed E-state index contributed by atoms with van der Waals surface area (Å²) in [4.78, 5) is 11.4. The quantitative estimate of drug-likeness (QED) is 0.740. The van der Waals surface area contributed by atoms with Gasteiger partial charge in [0, 0.05) is 5.41 Å². The summed E-state index contributed by atoms with van der Waals surface area (Å²) in [5.74, 6) is 0.178. The predicted octanol–water partition coefficient (Wildman–Crippen LogP) is 2.07. The fourth-order valence-electron chi connectivity index (χ4n) is 4.24. The highest BCUT2D eigenvalue weighted by atomic mass is 16.3. The van der Waals surface area contributed by atoms with Crippen molar-refractivity contribution in [1.29, 1.82) is 0 Å². The number of aliphatic hydroxyl groups excluding tert-OH is 1. The van der Waals surface area contributed by atoms with Crippen molar-refractivity contribution in [2.24, 2.45) is 16.7 Å². The topological polar surface area (TPSA) is 57.5 Å². The summed E-state index contributed by atoms with van der Waals surface area (Å²) in [6, 6.07) is 0. The molecule has 0 aromatic rings. The van der Waals surface area contributed by atoms with Crippen LogP contribution >= 0.6 is 0 Å². The molecule has 2 aliphatic carbocycles. The molecular formula is C15H24O3. The smallest absolute Gasteiger partial charge is 0.146 e. The summed E-state index contributed by atoms with van der Waals surface area (Å²) >= 11 is 0. The van der Waals surface area contributed by atoms with Gasteiger partial charge in [0.15, 0.2) is 0 Å². The van der Waals surface area contributed by atoms with Crippen LogP contribution < -0.4 is 0 Å². The highest BCUT2D eigenvalue weighted by Crippen LogP contribution is 2.63. The SMILES string of the molecule is C[C@H]1CC[C@]2(O)C(=C1C=O)[C@@](C)(CO)CC2(C)C. The number of fused-ring (bicyclic) bond motifs is 1. The van der Waals surface area contributed by atoms with Crippen molar-refractivity contribution in [1.82, 2.24) is 0 Å². The van der Waals surface area contributed by atoms with Crippen LogP contribution in [0.3, 0.4) is 0 Å². The lowest BCUT2D eigenvalue weighted by molar-refractivity contribution is -0.106. The second kappa shape index (κ2) is 3.91. The van der Waals surface area contributed by atoms with Gasteiger partial charge >= 0.3 is 0 Å². The molecule has 1 fully saturated rings. The Morgan fingerprint density at radius 2 is 2.00 bits per heavy atom. The third kappa shape index (κ3) is 1.53. The maximum absolute atomic E-state index is 11.4. The lowest BCUT2D eigenvalue weighted by Gasteiger charge is -2.43. The molecule has 0 aromatic heterocycles. The second-order valence-corrected chi connectivity index (χ2v) is 7.03. The Balaban J connectivity index is 2.71. The Bertz CT molecular complexity index is 410. The minimum Gasteiger partial charge on any atom is -0.395 e. The number of allylic oxidation sites excluding steroid dienone is 1. The molecule has 0 heterocycles.